The highest BCUT2D eigenvalue weighted by Crippen LogP contribution is 2.25. The van der Waals surface area contributed by atoms with E-state index in [1.54, 1.807) is 11.6 Å². The van der Waals surface area contributed by atoms with Crippen molar-refractivity contribution in [3.05, 3.63) is 16.4 Å². The number of Topliss-reactive ketones (excluding diaryl/α,β-unsaturated/α-hetero) is 1. The minimum atomic E-state index is -3.47. The second-order valence-electron chi connectivity index (χ2n) is 5.04. The van der Waals surface area contributed by atoms with Crippen molar-refractivity contribution in [1.29, 1.82) is 0 Å². The summed E-state index contributed by atoms with van der Waals surface area (Å²) in [5.41, 5.74) is 1.21. The molecule has 19 heavy (non-hydrogen) atoms. The molecule has 0 radical (unpaired) electrons. The lowest BCUT2D eigenvalue weighted by Gasteiger charge is -2.21. The lowest BCUT2D eigenvalue weighted by Crippen LogP contribution is -2.41. The van der Waals surface area contributed by atoms with Crippen molar-refractivity contribution in [3.8, 4) is 0 Å². The number of aryl methyl sites for hydroxylation is 2. The predicted octanol–water partition coefficient (Wildman–Crippen LogP) is 1.80. The molecule has 1 heterocycles. The SMILES string of the molecule is CCn1nc(C)c(Cl)c1CC(=O)C(C)(C)S(C)(=O)=O. The molecule has 0 spiro atoms. The Morgan fingerprint density at radius 3 is 2.37 bits per heavy atom. The van der Waals surface area contributed by atoms with Gasteiger partial charge in [-0.25, -0.2) is 8.42 Å². The van der Waals surface area contributed by atoms with Crippen molar-refractivity contribution in [1.82, 2.24) is 9.78 Å². The summed E-state index contributed by atoms with van der Waals surface area (Å²) >= 11 is 6.12. The molecule has 5 nitrogen and oxygen atoms in total. The minimum Gasteiger partial charge on any atom is -0.298 e. The molecular formula is C12H19ClN2O3S. The first kappa shape index (κ1) is 16.2. The van der Waals surface area contributed by atoms with Gasteiger partial charge in [-0.2, -0.15) is 5.10 Å². The molecule has 0 saturated heterocycles. The molecule has 0 aliphatic carbocycles. The van der Waals surface area contributed by atoms with Gasteiger partial charge in [-0.1, -0.05) is 11.6 Å². The van der Waals surface area contributed by atoms with E-state index >= 15 is 0 Å². The highest BCUT2D eigenvalue weighted by molar-refractivity contribution is 7.92. The van der Waals surface area contributed by atoms with E-state index in [0.29, 0.717) is 23.0 Å². The number of carbonyl (C=O) groups is 1. The molecule has 0 aliphatic heterocycles. The summed E-state index contributed by atoms with van der Waals surface area (Å²) < 4.78 is 23.5. The molecule has 7 heteroatoms. The van der Waals surface area contributed by atoms with Crippen LogP contribution in [-0.4, -0.2) is 35.0 Å². The van der Waals surface area contributed by atoms with Crippen LogP contribution in [0.2, 0.25) is 5.02 Å². The Balaban J connectivity index is 3.14. The molecule has 0 saturated carbocycles. The number of nitrogens with zero attached hydrogens (tertiary/aromatic N) is 2. The van der Waals surface area contributed by atoms with Crippen LogP contribution in [0.15, 0.2) is 0 Å². The van der Waals surface area contributed by atoms with E-state index in [2.05, 4.69) is 5.10 Å². The predicted molar refractivity (Wildman–Crippen MR) is 75.3 cm³/mol. The zero-order valence-corrected chi connectivity index (χ0v) is 13.4. The molecule has 1 aromatic rings. The van der Waals surface area contributed by atoms with Gasteiger partial charge < -0.3 is 0 Å². The van der Waals surface area contributed by atoms with Crippen LogP contribution >= 0.6 is 11.6 Å². The molecule has 0 atom stereocenters. The molecule has 0 bridgehead atoms. The number of carbonyl (C=O) groups excluding carboxylic acids is 1. The highest BCUT2D eigenvalue weighted by atomic mass is 35.5. The van der Waals surface area contributed by atoms with Crippen molar-refractivity contribution in [3.63, 3.8) is 0 Å². The molecule has 1 rings (SSSR count). The summed E-state index contributed by atoms with van der Waals surface area (Å²) in [7, 11) is -3.47. The summed E-state index contributed by atoms with van der Waals surface area (Å²) in [6, 6.07) is 0. The van der Waals surface area contributed by atoms with Gasteiger partial charge in [-0.15, -0.1) is 0 Å². The third kappa shape index (κ3) is 3.00. The Hall–Kier alpha value is -0.880. The number of rotatable bonds is 5. The van der Waals surface area contributed by atoms with Gasteiger partial charge in [-0.05, 0) is 27.7 Å². The fraction of sp³-hybridized carbons (Fsp3) is 0.667. The van der Waals surface area contributed by atoms with Crippen LogP contribution in [0, 0.1) is 6.92 Å². The Labute approximate surface area is 118 Å². The van der Waals surface area contributed by atoms with Gasteiger partial charge in [0.2, 0.25) is 0 Å². The standard InChI is InChI=1S/C12H19ClN2O3S/c1-6-15-9(11(13)8(2)14-15)7-10(16)12(3,4)19(5,17)18/h6-7H2,1-5H3. The third-order valence-electron chi connectivity index (χ3n) is 3.38. The van der Waals surface area contributed by atoms with Gasteiger partial charge in [0.1, 0.15) is 4.75 Å². The van der Waals surface area contributed by atoms with Gasteiger partial charge in [0, 0.05) is 12.8 Å². The maximum atomic E-state index is 12.2. The van der Waals surface area contributed by atoms with Crippen LogP contribution in [-0.2, 0) is 27.6 Å². The van der Waals surface area contributed by atoms with Gasteiger partial charge in [-0.3, -0.25) is 9.48 Å². The molecule has 0 fully saturated rings. The van der Waals surface area contributed by atoms with Crippen molar-refractivity contribution < 1.29 is 13.2 Å². The van der Waals surface area contributed by atoms with Crippen LogP contribution in [0.25, 0.3) is 0 Å². The maximum Gasteiger partial charge on any atom is 0.159 e. The van der Waals surface area contributed by atoms with E-state index in [4.69, 9.17) is 11.6 Å². The molecule has 0 N–H and O–H groups in total. The number of hydrogen-bond acceptors (Lipinski definition) is 4. The van der Waals surface area contributed by atoms with Gasteiger partial charge in [0.15, 0.2) is 15.6 Å². The average molecular weight is 307 g/mol. The van der Waals surface area contributed by atoms with E-state index in [1.807, 2.05) is 6.92 Å². The fourth-order valence-electron chi connectivity index (χ4n) is 1.61. The van der Waals surface area contributed by atoms with Crippen LogP contribution in [0.5, 0.6) is 0 Å². The highest BCUT2D eigenvalue weighted by Gasteiger charge is 2.38. The first-order chi connectivity index (χ1) is 8.52. The molecule has 1 aromatic heterocycles. The molecular weight excluding hydrogens is 288 g/mol. The number of ketones is 1. The van der Waals surface area contributed by atoms with Crippen molar-refractivity contribution in [2.45, 2.75) is 45.4 Å². The second-order valence-corrected chi connectivity index (χ2v) is 7.99. The van der Waals surface area contributed by atoms with Gasteiger partial charge >= 0.3 is 0 Å². The topological polar surface area (TPSA) is 69.0 Å². The average Bonchev–Trinajstić information content (AvgIpc) is 2.55. The maximum absolute atomic E-state index is 12.2. The molecule has 0 aromatic carbocycles. The first-order valence-electron chi connectivity index (χ1n) is 5.97. The second kappa shape index (κ2) is 5.25. The Morgan fingerprint density at radius 1 is 1.42 bits per heavy atom. The summed E-state index contributed by atoms with van der Waals surface area (Å²) in [4.78, 5) is 12.2. The lowest BCUT2D eigenvalue weighted by atomic mass is 10.0. The molecule has 108 valence electrons. The Morgan fingerprint density at radius 2 is 1.95 bits per heavy atom. The van der Waals surface area contributed by atoms with Crippen molar-refractivity contribution in [2.75, 3.05) is 6.26 Å². The number of aromatic nitrogens is 2. The van der Waals surface area contributed by atoms with Crippen LogP contribution in [0.1, 0.15) is 32.2 Å². The number of sulfone groups is 1. The lowest BCUT2D eigenvalue weighted by molar-refractivity contribution is -0.120. The molecule has 0 amide bonds. The summed E-state index contributed by atoms with van der Waals surface area (Å²) in [5, 5.41) is 4.64. The smallest absolute Gasteiger partial charge is 0.159 e. The monoisotopic (exact) mass is 306 g/mol. The summed E-state index contributed by atoms with van der Waals surface area (Å²) in [6.45, 7) is 7.05. The first-order valence-corrected chi connectivity index (χ1v) is 8.24. The van der Waals surface area contributed by atoms with Crippen LogP contribution < -0.4 is 0 Å². The van der Waals surface area contributed by atoms with E-state index in [0.717, 1.165) is 6.26 Å². The van der Waals surface area contributed by atoms with E-state index in [9.17, 15) is 13.2 Å². The van der Waals surface area contributed by atoms with Crippen LogP contribution in [0.3, 0.4) is 0 Å². The van der Waals surface area contributed by atoms with Crippen molar-refractivity contribution in [2.24, 2.45) is 0 Å². The Kier molecular flexibility index (Phi) is 4.47. The summed E-state index contributed by atoms with van der Waals surface area (Å²) in [5.74, 6) is -0.383. The number of hydrogen-bond donors (Lipinski definition) is 0. The van der Waals surface area contributed by atoms with Gasteiger partial charge in [0.25, 0.3) is 0 Å². The zero-order valence-electron chi connectivity index (χ0n) is 11.8. The van der Waals surface area contributed by atoms with Crippen LogP contribution in [0.4, 0.5) is 0 Å². The number of halogens is 1. The van der Waals surface area contributed by atoms with Gasteiger partial charge in [0.05, 0.1) is 22.8 Å². The largest absolute Gasteiger partial charge is 0.298 e. The van der Waals surface area contributed by atoms with E-state index in [1.165, 1.54) is 13.8 Å². The van der Waals surface area contributed by atoms with E-state index < -0.39 is 14.6 Å². The Bertz CT molecular complexity index is 603. The third-order valence-corrected chi connectivity index (χ3v) is 5.95. The minimum absolute atomic E-state index is 0.0341. The summed E-state index contributed by atoms with van der Waals surface area (Å²) in [6.07, 6.45) is 1.03. The fourth-order valence-corrected chi connectivity index (χ4v) is 2.30. The van der Waals surface area contributed by atoms with Crippen molar-refractivity contribution >= 4 is 27.2 Å². The normalized spacial score (nSPS) is 12.7. The molecule has 0 aliphatic rings. The van der Waals surface area contributed by atoms with E-state index in [-0.39, 0.29) is 12.2 Å². The quantitative estimate of drug-likeness (QED) is 0.832. The zero-order chi connectivity index (χ0) is 15.0. The molecule has 0 unspecified atom stereocenters.